The highest BCUT2D eigenvalue weighted by atomic mass is 32.2. The molecule has 49 heavy (non-hydrogen) atoms. The fraction of sp³-hybridized carbons (Fsp3) is 0.324. The standard InChI is InChI=1S/C34H31F3N6O5S/c35-26-27(36)30(47-23-12-13-23)32(31(28(26)37)48-24-14-15-24)49(44,45)42-16-4-5-20(17-42)43-34-25(33(38)39-18-40-34)29(41-43)19-8-10-22(11-9-19)46-21-6-2-1-3-7-21/h1-3,6-11,18,20,23-24H,4-5,12-17H2,(H2,38,39,40)/t20-/m1/s1. The van der Waals surface area contributed by atoms with Gasteiger partial charge in [-0.25, -0.2) is 27.5 Å². The zero-order chi connectivity index (χ0) is 33.9. The summed E-state index contributed by atoms with van der Waals surface area (Å²) >= 11 is 0. The van der Waals surface area contributed by atoms with Gasteiger partial charge in [0, 0.05) is 18.7 Å². The zero-order valence-corrected chi connectivity index (χ0v) is 26.9. The predicted molar refractivity (Wildman–Crippen MR) is 172 cm³/mol. The molecule has 0 bridgehead atoms. The number of anilines is 1. The SMILES string of the molecule is Nc1ncnc2c1c(-c1ccc(Oc3ccccc3)cc1)nn2[C@@H]1CCCN(S(=O)(=O)c2c(OC3CC3)c(F)c(F)c(F)c2OC2CC2)C1. The highest BCUT2D eigenvalue weighted by molar-refractivity contribution is 7.89. The van der Waals surface area contributed by atoms with Crippen molar-refractivity contribution in [3.8, 4) is 34.3 Å². The lowest BCUT2D eigenvalue weighted by Crippen LogP contribution is -2.41. The number of nitrogens with two attached hydrogens (primary N) is 1. The summed E-state index contributed by atoms with van der Waals surface area (Å²) in [4.78, 5) is 7.80. The number of sulfonamides is 1. The van der Waals surface area contributed by atoms with Crippen molar-refractivity contribution in [3.05, 3.63) is 78.4 Å². The maximum atomic E-state index is 15.3. The van der Waals surface area contributed by atoms with E-state index in [2.05, 4.69) is 9.97 Å². The summed E-state index contributed by atoms with van der Waals surface area (Å²) in [7, 11) is -4.67. The monoisotopic (exact) mass is 692 g/mol. The molecule has 11 nitrogen and oxygen atoms in total. The van der Waals surface area contributed by atoms with E-state index in [-0.39, 0.29) is 18.9 Å². The molecule has 3 fully saturated rings. The molecule has 3 aromatic carbocycles. The van der Waals surface area contributed by atoms with Crippen molar-refractivity contribution >= 4 is 26.9 Å². The number of halogens is 3. The number of nitrogens with zero attached hydrogens (tertiary/aromatic N) is 5. The minimum Gasteiger partial charge on any atom is -0.486 e. The average Bonchev–Trinajstić information content (AvgIpc) is 4.06. The predicted octanol–water partition coefficient (Wildman–Crippen LogP) is 6.39. The maximum absolute atomic E-state index is 15.3. The molecule has 0 amide bonds. The topological polar surface area (TPSA) is 135 Å². The summed E-state index contributed by atoms with van der Waals surface area (Å²) < 4.78 is 93.9. The van der Waals surface area contributed by atoms with Gasteiger partial charge in [0.15, 0.2) is 22.0 Å². The molecule has 0 unspecified atom stereocenters. The van der Waals surface area contributed by atoms with E-state index in [0.717, 1.165) is 4.31 Å². The molecule has 0 radical (unpaired) electrons. The van der Waals surface area contributed by atoms with Gasteiger partial charge in [-0.15, -0.1) is 0 Å². The Kier molecular flexibility index (Phi) is 7.82. The minimum absolute atomic E-state index is 0.0389. The molecule has 2 aromatic heterocycles. The van der Waals surface area contributed by atoms with Gasteiger partial charge >= 0.3 is 0 Å². The number of aromatic nitrogens is 4. The average molecular weight is 693 g/mol. The second-order valence-electron chi connectivity index (χ2n) is 12.4. The highest BCUT2D eigenvalue weighted by Gasteiger charge is 2.43. The van der Waals surface area contributed by atoms with Gasteiger partial charge < -0.3 is 19.9 Å². The number of ether oxygens (including phenoxy) is 3. The van der Waals surface area contributed by atoms with Crippen molar-refractivity contribution in [3.63, 3.8) is 0 Å². The van der Waals surface area contributed by atoms with Crippen LogP contribution in [0.1, 0.15) is 44.6 Å². The van der Waals surface area contributed by atoms with Gasteiger partial charge in [-0.3, -0.25) is 0 Å². The van der Waals surface area contributed by atoms with Crippen LogP contribution in [0.4, 0.5) is 19.0 Å². The lowest BCUT2D eigenvalue weighted by Gasteiger charge is -2.33. The van der Waals surface area contributed by atoms with E-state index in [0.29, 0.717) is 72.3 Å². The van der Waals surface area contributed by atoms with E-state index in [1.54, 1.807) is 16.8 Å². The molecule has 3 aliphatic rings. The van der Waals surface area contributed by atoms with Gasteiger partial charge in [0.2, 0.25) is 17.5 Å². The number of benzene rings is 3. The number of hydrogen-bond donors (Lipinski definition) is 1. The van der Waals surface area contributed by atoms with Gasteiger partial charge in [-0.05, 0) is 74.9 Å². The summed E-state index contributed by atoms with van der Waals surface area (Å²) in [6, 6.07) is 16.0. The lowest BCUT2D eigenvalue weighted by atomic mass is 10.1. The lowest BCUT2D eigenvalue weighted by molar-refractivity contribution is 0.232. The molecule has 1 saturated heterocycles. The smallest absolute Gasteiger partial charge is 0.250 e. The van der Waals surface area contributed by atoms with E-state index in [4.69, 9.17) is 25.0 Å². The number of piperidine rings is 1. The van der Waals surface area contributed by atoms with Crippen molar-refractivity contribution in [1.29, 1.82) is 0 Å². The van der Waals surface area contributed by atoms with E-state index >= 15 is 8.78 Å². The summed E-state index contributed by atoms with van der Waals surface area (Å²) in [5, 5.41) is 5.36. The molecule has 2 N–H and O–H groups in total. The van der Waals surface area contributed by atoms with Gasteiger partial charge in [-0.2, -0.15) is 18.2 Å². The molecule has 15 heteroatoms. The summed E-state index contributed by atoms with van der Waals surface area (Å²) in [6.45, 7) is -0.0874. The second kappa shape index (κ2) is 12.2. The van der Waals surface area contributed by atoms with Crippen LogP contribution in [0.3, 0.4) is 0 Å². The largest absolute Gasteiger partial charge is 0.486 e. The summed E-state index contributed by atoms with van der Waals surface area (Å²) in [5.41, 5.74) is 7.92. The third-order valence-corrected chi connectivity index (χ3v) is 10.6. The molecule has 1 atom stereocenters. The van der Waals surface area contributed by atoms with Gasteiger partial charge in [-0.1, -0.05) is 18.2 Å². The van der Waals surface area contributed by atoms with Crippen molar-refractivity contribution in [2.24, 2.45) is 0 Å². The van der Waals surface area contributed by atoms with Crippen LogP contribution in [0.25, 0.3) is 22.3 Å². The van der Waals surface area contributed by atoms with E-state index in [9.17, 15) is 12.8 Å². The van der Waals surface area contributed by atoms with Crippen LogP contribution < -0.4 is 19.9 Å². The summed E-state index contributed by atoms with van der Waals surface area (Å²) in [5.74, 6) is -5.46. The molecule has 3 heterocycles. The minimum atomic E-state index is -4.67. The van der Waals surface area contributed by atoms with Crippen LogP contribution in [0.2, 0.25) is 0 Å². The number of para-hydroxylation sites is 1. The molecular weight excluding hydrogens is 661 g/mol. The molecule has 5 aromatic rings. The Labute approximate surface area is 279 Å². The molecular formula is C34H31F3N6O5S. The van der Waals surface area contributed by atoms with Gasteiger partial charge in [0.1, 0.15) is 29.3 Å². The Balaban J connectivity index is 1.15. The van der Waals surface area contributed by atoms with Crippen LogP contribution in [0.5, 0.6) is 23.0 Å². The molecule has 254 valence electrons. The van der Waals surface area contributed by atoms with Crippen molar-refractivity contribution in [1.82, 2.24) is 24.1 Å². The van der Waals surface area contributed by atoms with Crippen LogP contribution in [0.15, 0.2) is 65.8 Å². The first-order valence-electron chi connectivity index (χ1n) is 16.0. The molecule has 2 saturated carbocycles. The summed E-state index contributed by atoms with van der Waals surface area (Å²) in [6.07, 6.45) is 3.32. The van der Waals surface area contributed by atoms with E-state index in [1.807, 2.05) is 42.5 Å². The molecule has 1 aliphatic heterocycles. The van der Waals surface area contributed by atoms with E-state index in [1.165, 1.54) is 6.33 Å². The Morgan fingerprint density at radius 1 is 0.796 bits per heavy atom. The van der Waals surface area contributed by atoms with Crippen molar-refractivity contribution in [2.45, 2.75) is 61.7 Å². The number of nitrogen functional groups attached to an aromatic ring is 1. The van der Waals surface area contributed by atoms with Crippen LogP contribution >= 0.6 is 0 Å². The van der Waals surface area contributed by atoms with Crippen LogP contribution in [-0.2, 0) is 10.0 Å². The van der Waals surface area contributed by atoms with Crippen LogP contribution in [0, 0.1) is 17.5 Å². The Bertz CT molecular complexity index is 2120. The number of hydrogen-bond acceptors (Lipinski definition) is 9. The first-order valence-corrected chi connectivity index (χ1v) is 17.5. The zero-order valence-electron chi connectivity index (χ0n) is 26.1. The highest BCUT2D eigenvalue weighted by Crippen LogP contribution is 2.46. The maximum Gasteiger partial charge on any atom is 0.250 e. The molecule has 2 aliphatic carbocycles. The Morgan fingerprint density at radius 2 is 1.43 bits per heavy atom. The molecule has 0 spiro atoms. The van der Waals surface area contributed by atoms with Gasteiger partial charge in [0.25, 0.3) is 10.0 Å². The third-order valence-electron chi connectivity index (χ3n) is 8.74. The van der Waals surface area contributed by atoms with Crippen molar-refractivity contribution < 1.29 is 35.8 Å². The fourth-order valence-electron chi connectivity index (χ4n) is 5.97. The Morgan fingerprint density at radius 3 is 2.06 bits per heavy atom. The molecule has 8 rings (SSSR count). The number of rotatable bonds is 10. The second-order valence-corrected chi connectivity index (χ2v) is 14.3. The number of fused-ring (bicyclic) bond motifs is 1. The first-order chi connectivity index (χ1) is 23.7. The van der Waals surface area contributed by atoms with Crippen LogP contribution in [-0.4, -0.2) is 57.8 Å². The quantitative estimate of drug-likeness (QED) is 0.165. The Hall–Kier alpha value is -4.89. The fourth-order valence-corrected chi connectivity index (χ4v) is 7.71. The van der Waals surface area contributed by atoms with E-state index < -0.39 is 62.1 Å². The normalized spacial score (nSPS) is 18.5. The third kappa shape index (κ3) is 5.90. The van der Waals surface area contributed by atoms with Crippen molar-refractivity contribution in [2.75, 3.05) is 18.8 Å². The first kappa shape index (κ1) is 31.4. The van der Waals surface area contributed by atoms with Gasteiger partial charge in [0.05, 0.1) is 23.6 Å².